The second-order valence-electron chi connectivity index (χ2n) is 5.38. The number of hydrogen-bond donors (Lipinski definition) is 1. The predicted octanol–water partition coefficient (Wildman–Crippen LogP) is 2.09. The lowest BCUT2D eigenvalue weighted by Crippen LogP contribution is -2.21. The summed E-state index contributed by atoms with van der Waals surface area (Å²) in [6.45, 7) is 8.79. The summed E-state index contributed by atoms with van der Waals surface area (Å²) >= 11 is 1.66. The summed E-state index contributed by atoms with van der Waals surface area (Å²) in [5, 5.41) is 24.9. The molecule has 0 spiro atoms. The van der Waals surface area contributed by atoms with Gasteiger partial charge in [0.05, 0.1) is 18.0 Å². The fourth-order valence-corrected chi connectivity index (χ4v) is 2.50. The van der Waals surface area contributed by atoms with E-state index in [2.05, 4.69) is 33.8 Å². The van der Waals surface area contributed by atoms with E-state index in [1.165, 1.54) is 0 Å². The van der Waals surface area contributed by atoms with Crippen LogP contribution in [0, 0.1) is 16.7 Å². The second kappa shape index (κ2) is 8.93. The minimum Gasteiger partial charge on any atom is -0.315 e. The van der Waals surface area contributed by atoms with Crippen molar-refractivity contribution < 1.29 is 0 Å². The molecule has 1 rings (SSSR count). The van der Waals surface area contributed by atoms with E-state index < -0.39 is 0 Å². The molecule has 0 atom stereocenters. The maximum Gasteiger partial charge on any atom is 0.209 e. The van der Waals surface area contributed by atoms with Gasteiger partial charge in [0.1, 0.15) is 0 Å². The summed E-state index contributed by atoms with van der Waals surface area (Å²) in [5.74, 6) is 0.938. The average molecular weight is 296 g/mol. The van der Waals surface area contributed by atoms with Crippen molar-refractivity contribution in [2.45, 2.75) is 51.7 Å². The Kier molecular flexibility index (Phi) is 7.55. The average Bonchev–Trinajstić information content (AvgIpc) is 2.87. The molecule has 0 saturated carbocycles. The molecule has 20 heavy (non-hydrogen) atoms. The molecule has 0 fully saturated rings. The normalized spacial score (nSPS) is 11.5. The highest BCUT2D eigenvalue weighted by atomic mass is 32.2. The van der Waals surface area contributed by atoms with Crippen LogP contribution >= 0.6 is 11.8 Å². The van der Waals surface area contributed by atoms with Gasteiger partial charge in [-0.05, 0) is 50.1 Å². The summed E-state index contributed by atoms with van der Waals surface area (Å²) in [4.78, 5) is 0. The fraction of sp³-hybridized carbons (Fsp3) is 0.846. The molecule has 0 aliphatic heterocycles. The van der Waals surface area contributed by atoms with Gasteiger partial charge in [-0.25, -0.2) is 4.68 Å². The lowest BCUT2D eigenvalue weighted by Gasteiger charge is -2.13. The number of nitriles is 1. The van der Waals surface area contributed by atoms with Gasteiger partial charge in [0.15, 0.2) is 0 Å². The monoisotopic (exact) mass is 296 g/mol. The van der Waals surface area contributed by atoms with Crippen LogP contribution in [0.15, 0.2) is 5.16 Å². The minimum absolute atomic E-state index is 0.240. The minimum atomic E-state index is -0.240. The maximum atomic E-state index is 8.96. The largest absolute Gasteiger partial charge is 0.315 e. The van der Waals surface area contributed by atoms with Crippen molar-refractivity contribution in [2.24, 2.45) is 5.41 Å². The third-order valence-corrected chi connectivity index (χ3v) is 3.95. The van der Waals surface area contributed by atoms with Crippen molar-refractivity contribution in [3.8, 4) is 6.07 Å². The van der Waals surface area contributed by atoms with Crippen LogP contribution in [0.3, 0.4) is 0 Å². The molecule has 1 aromatic heterocycles. The van der Waals surface area contributed by atoms with Gasteiger partial charge >= 0.3 is 0 Å². The Morgan fingerprint density at radius 3 is 2.90 bits per heavy atom. The molecule has 0 amide bonds. The van der Waals surface area contributed by atoms with Crippen LogP contribution in [-0.4, -0.2) is 39.0 Å². The number of hydrogen-bond acceptors (Lipinski definition) is 6. The number of thioether (sulfide) groups is 1. The third kappa shape index (κ3) is 6.35. The van der Waals surface area contributed by atoms with Gasteiger partial charge in [-0.2, -0.15) is 5.26 Å². The van der Waals surface area contributed by atoms with Gasteiger partial charge in [0, 0.05) is 12.3 Å². The highest BCUT2D eigenvalue weighted by molar-refractivity contribution is 7.99. The number of rotatable bonds is 10. The first-order valence-electron chi connectivity index (χ1n) is 7.10. The van der Waals surface area contributed by atoms with Crippen LogP contribution in [0.25, 0.3) is 0 Å². The molecule has 0 aliphatic carbocycles. The third-order valence-electron chi connectivity index (χ3n) is 2.91. The van der Waals surface area contributed by atoms with E-state index in [4.69, 9.17) is 5.26 Å². The van der Waals surface area contributed by atoms with Crippen LogP contribution in [0.1, 0.15) is 40.0 Å². The highest BCUT2D eigenvalue weighted by Gasteiger charge is 2.16. The van der Waals surface area contributed by atoms with Gasteiger partial charge in [-0.1, -0.05) is 18.7 Å². The molecule has 0 radical (unpaired) electrons. The molecular weight excluding hydrogens is 272 g/mol. The molecule has 0 aliphatic rings. The summed E-state index contributed by atoms with van der Waals surface area (Å²) in [6.07, 6.45) is 3.02. The zero-order valence-electron chi connectivity index (χ0n) is 12.6. The molecule has 0 unspecified atom stereocenters. The van der Waals surface area contributed by atoms with Crippen molar-refractivity contribution in [2.75, 3.05) is 18.8 Å². The van der Waals surface area contributed by atoms with Crippen molar-refractivity contribution in [1.82, 2.24) is 25.5 Å². The summed E-state index contributed by atoms with van der Waals surface area (Å²) < 4.78 is 1.84. The van der Waals surface area contributed by atoms with Gasteiger partial charge in [0.25, 0.3) is 0 Å². The van der Waals surface area contributed by atoms with Crippen LogP contribution in [-0.2, 0) is 6.54 Å². The van der Waals surface area contributed by atoms with Crippen molar-refractivity contribution in [1.29, 1.82) is 5.26 Å². The fourth-order valence-electron chi connectivity index (χ4n) is 1.66. The predicted molar refractivity (Wildman–Crippen MR) is 80.3 cm³/mol. The van der Waals surface area contributed by atoms with Crippen LogP contribution in [0.5, 0.6) is 0 Å². The molecular formula is C13H24N6S. The Labute approximate surface area is 125 Å². The van der Waals surface area contributed by atoms with Gasteiger partial charge in [0.2, 0.25) is 5.16 Å². The zero-order chi connectivity index (χ0) is 14.8. The lowest BCUT2D eigenvalue weighted by atomic mass is 9.90. The van der Waals surface area contributed by atoms with Crippen LogP contribution in [0.2, 0.25) is 0 Å². The lowest BCUT2D eigenvalue weighted by molar-refractivity contribution is 0.447. The Morgan fingerprint density at radius 2 is 2.20 bits per heavy atom. The summed E-state index contributed by atoms with van der Waals surface area (Å²) in [6, 6.07) is 2.32. The van der Waals surface area contributed by atoms with Crippen LogP contribution in [0.4, 0.5) is 0 Å². The summed E-state index contributed by atoms with van der Waals surface area (Å²) in [7, 11) is 0. The number of aromatic nitrogens is 4. The standard InChI is InChI=1S/C13H24N6S/c1-4-7-15-8-9-19-12(16-17-18-19)20-10-5-6-13(2,3)11-14/h15H,4-10H2,1-3H3. The molecule has 0 aromatic carbocycles. The first kappa shape index (κ1) is 16.9. The Balaban J connectivity index is 2.27. The van der Waals surface area contributed by atoms with E-state index in [-0.39, 0.29) is 5.41 Å². The molecule has 1 heterocycles. The SMILES string of the molecule is CCCNCCn1nnnc1SCCCC(C)(C)C#N. The number of tetrazole rings is 1. The van der Waals surface area contributed by atoms with Crippen molar-refractivity contribution in [3.63, 3.8) is 0 Å². The number of nitrogens with one attached hydrogen (secondary N) is 1. The maximum absolute atomic E-state index is 8.96. The molecule has 7 heteroatoms. The van der Waals surface area contributed by atoms with E-state index in [0.29, 0.717) is 0 Å². The van der Waals surface area contributed by atoms with E-state index in [1.807, 2.05) is 18.5 Å². The molecule has 6 nitrogen and oxygen atoms in total. The Morgan fingerprint density at radius 1 is 1.40 bits per heavy atom. The zero-order valence-corrected chi connectivity index (χ0v) is 13.4. The second-order valence-corrected chi connectivity index (χ2v) is 6.44. The van der Waals surface area contributed by atoms with Crippen molar-refractivity contribution in [3.05, 3.63) is 0 Å². The van der Waals surface area contributed by atoms with Gasteiger partial charge in [-0.3, -0.25) is 0 Å². The highest BCUT2D eigenvalue weighted by Crippen LogP contribution is 2.23. The molecule has 0 bridgehead atoms. The Bertz CT molecular complexity index is 423. The molecule has 0 saturated heterocycles. The topological polar surface area (TPSA) is 79.4 Å². The molecule has 112 valence electrons. The first-order valence-corrected chi connectivity index (χ1v) is 8.08. The van der Waals surface area contributed by atoms with E-state index in [0.717, 1.165) is 49.8 Å². The van der Waals surface area contributed by atoms with E-state index in [1.54, 1.807) is 11.8 Å². The van der Waals surface area contributed by atoms with Crippen molar-refractivity contribution >= 4 is 11.8 Å². The quantitative estimate of drug-likeness (QED) is 0.526. The summed E-state index contributed by atoms with van der Waals surface area (Å²) in [5.41, 5.74) is -0.240. The van der Waals surface area contributed by atoms with Gasteiger partial charge in [-0.15, -0.1) is 5.10 Å². The molecule has 1 aromatic rings. The Hall–Kier alpha value is -1.13. The van der Waals surface area contributed by atoms with Crippen LogP contribution < -0.4 is 5.32 Å². The smallest absolute Gasteiger partial charge is 0.209 e. The van der Waals surface area contributed by atoms with E-state index >= 15 is 0 Å². The first-order chi connectivity index (χ1) is 9.59. The van der Waals surface area contributed by atoms with Gasteiger partial charge < -0.3 is 5.32 Å². The number of nitrogens with zero attached hydrogens (tertiary/aromatic N) is 5. The van der Waals surface area contributed by atoms with E-state index in [9.17, 15) is 0 Å². The molecule has 1 N–H and O–H groups in total.